The van der Waals surface area contributed by atoms with Crippen molar-refractivity contribution in [1.29, 1.82) is 0 Å². The largest absolute Gasteiger partial charge is 0.488 e. The van der Waals surface area contributed by atoms with Gasteiger partial charge in [-0.1, -0.05) is 12.1 Å². The highest BCUT2D eigenvalue weighted by Crippen LogP contribution is 2.34. The fraction of sp³-hybridized carbons (Fsp3) is 0.214. The van der Waals surface area contributed by atoms with Crippen molar-refractivity contribution in [2.45, 2.75) is 11.8 Å². The minimum Gasteiger partial charge on any atom is -0.488 e. The van der Waals surface area contributed by atoms with Crippen LogP contribution >= 0.6 is 15.9 Å². The number of pyridine rings is 1. The van der Waals surface area contributed by atoms with E-state index in [1.807, 2.05) is 13.0 Å². The Morgan fingerprint density at radius 3 is 2.86 bits per heavy atom. The number of hydrogen-bond donors (Lipinski definition) is 0. The first-order valence-electron chi connectivity index (χ1n) is 6.37. The lowest BCUT2D eigenvalue weighted by Crippen LogP contribution is -2.38. The molecule has 3 rings (SSSR count). The molecule has 21 heavy (non-hydrogen) atoms. The van der Waals surface area contributed by atoms with Crippen LogP contribution < -0.4 is 9.04 Å². The van der Waals surface area contributed by atoms with Crippen LogP contribution in [0.3, 0.4) is 0 Å². The number of nitrogens with zero attached hydrogens (tertiary/aromatic N) is 2. The van der Waals surface area contributed by atoms with Crippen molar-refractivity contribution in [2.24, 2.45) is 0 Å². The van der Waals surface area contributed by atoms with Crippen molar-refractivity contribution in [3.8, 4) is 5.75 Å². The van der Waals surface area contributed by atoms with Crippen LogP contribution in [-0.4, -0.2) is 26.6 Å². The zero-order chi connectivity index (χ0) is 15.0. The summed E-state index contributed by atoms with van der Waals surface area (Å²) in [7, 11) is -3.64. The van der Waals surface area contributed by atoms with Crippen molar-refractivity contribution in [3.05, 3.63) is 46.6 Å². The van der Waals surface area contributed by atoms with Gasteiger partial charge in [0, 0.05) is 0 Å². The van der Waals surface area contributed by atoms with Crippen molar-refractivity contribution in [3.63, 3.8) is 0 Å². The molecule has 0 radical (unpaired) electrons. The van der Waals surface area contributed by atoms with Crippen LogP contribution in [0.15, 0.2) is 45.9 Å². The number of benzene rings is 1. The molecule has 0 aliphatic carbocycles. The zero-order valence-corrected chi connectivity index (χ0v) is 13.7. The Hall–Kier alpha value is -1.60. The van der Waals surface area contributed by atoms with Gasteiger partial charge in [-0.05, 0) is 52.7 Å². The number of ether oxygens (including phenoxy) is 1. The van der Waals surface area contributed by atoms with E-state index in [0.717, 1.165) is 5.56 Å². The Kier molecular flexibility index (Phi) is 3.62. The number of aryl methyl sites for hydroxylation is 1. The predicted octanol–water partition coefficient (Wildman–Crippen LogP) is 2.74. The molecule has 0 amide bonds. The maximum Gasteiger partial charge on any atom is 0.265 e. The molecule has 0 saturated heterocycles. The summed E-state index contributed by atoms with van der Waals surface area (Å²) in [5.74, 6) is 0.790. The highest BCUT2D eigenvalue weighted by Gasteiger charge is 2.31. The second-order valence-corrected chi connectivity index (χ2v) is 7.37. The van der Waals surface area contributed by atoms with Crippen molar-refractivity contribution in [2.75, 3.05) is 17.5 Å². The standard InChI is InChI=1S/C14H13BrN2O3S/c1-10-3-2-4-11(9-10)21(18,19)17-7-8-20-12-5-6-13(15)16-14(12)17/h2-6,9H,7-8H2,1H3. The van der Waals surface area contributed by atoms with E-state index in [-0.39, 0.29) is 11.4 Å². The maximum absolute atomic E-state index is 12.8. The molecule has 0 bridgehead atoms. The zero-order valence-electron chi connectivity index (χ0n) is 11.3. The van der Waals surface area contributed by atoms with Gasteiger partial charge in [-0.25, -0.2) is 17.7 Å². The van der Waals surface area contributed by atoms with Crippen LogP contribution in [0.1, 0.15) is 5.56 Å². The van der Waals surface area contributed by atoms with Crippen LogP contribution in [0.4, 0.5) is 5.82 Å². The van der Waals surface area contributed by atoms with E-state index < -0.39 is 10.0 Å². The summed E-state index contributed by atoms with van der Waals surface area (Å²) in [5.41, 5.74) is 0.895. The molecule has 1 aliphatic rings. The van der Waals surface area contributed by atoms with E-state index in [0.29, 0.717) is 22.8 Å². The molecule has 0 fully saturated rings. The average molecular weight is 369 g/mol. The van der Waals surface area contributed by atoms with Crippen molar-refractivity contribution < 1.29 is 13.2 Å². The quantitative estimate of drug-likeness (QED) is 0.764. The third kappa shape index (κ3) is 2.63. The Balaban J connectivity index is 2.11. The number of hydrogen-bond acceptors (Lipinski definition) is 4. The summed E-state index contributed by atoms with van der Waals surface area (Å²) in [4.78, 5) is 4.51. The monoisotopic (exact) mass is 368 g/mol. The van der Waals surface area contributed by atoms with Gasteiger partial charge in [0.2, 0.25) is 0 Å². The second-order valence-electron chi connectivity index (χ2n) is 4.70. The number of rotatable bonds is 2. The van der Waals surface area contributed by atoms with Crippen LogP contribution in [0.5, 0.6) is 5.75 Å². The lowest BCUT2D eigenvalue weighted by Gasteiger charge is -2.29. The predicted molar refractivity (Wildman–Crippen MR) is 83.1 cm³/mol. The summed E-state index contributed by atoms with van der Waals surface area (Å²) in [6, 6.07) is 10.3. The van der Waals surface area contributed by atoms with Gasteiger partial charge in [0.05, 0.1) is 11.4 Å². The highest BCUT2D eigenvalue weighted by atomic mass is 79.9. The smallest absolute Gasteiger partial charge is 0.265 e. The van der Waals surface area contributed by atoms with Crippen molar-refractivity contribution >= 4 is 31.8 Å². The maximum atomic E-state index is 12.8. The van der Waals surface area contributed by atoms with Gasteiger partial charge in [-0.15, -0.1) is 0 Å². The molecule has 0 atom stereocenters. The molecule has 2 aromatic rings. The fourth-order valence-corrected chi connectivity index (χ4v) is 4.00. The van der Waals surface area contributed by atoms with Gasteiger partial charge in [-0.2, -0.15) is 0 Å². The van der Waals surface area contributed by atoms with Crippen molar-refractivity contribution in [1.82, 2.24) is 4.98 Å². The summed E-state index contributed by atoms with van der Waals surface area (Å²) in [5, 5.41) is 0. The molecule has 2 heterocycles. The Morgan fingerprint density at radius 2 is 2.10 bits per heavy atom. The SMILES string of the molecule is Cc1cccc(S(=O)(=O)N2CCOc3ccc(Br)nc32)c1. The molecular weight excluding hydrogens is 356 g/mol. The fourth-order valence-electron chi connectivity index (χ4n) is 2.19. The minimum absolute atomic E-state index is 0.243. The van der Waals surface area contributed by atoms with E-state index in [2.05, 4.69) is 20.9 Å². The average Bonchev–Trinajstić information content (AvgIpc) is 2.46. The first-order chi connectivity index (χ1) is 9.98. The van der Waals surface area contributed by atoms with Gasteiger partial charge in [0.25, 0.3) is 10.0 Å². The van der Waals surface area contributed by atoms with E-state index in [9.17, 15) is 8.42 Å². The summed E-state index contributed by atoms with van der Waals surface area (Å²) in [6.45, 7) is 2.41. The van der Waals surface area contributed by atoms with E-state index in [4.69, 9.17) is 4.74 Å². The molecule has 0 unspecified atom stereocenters. The molecule has 110 valence electrons. The van der Waals surface area contributed by atoms with Gasteiger partial charge in [0.15, 0.2) is 11.6 Å². The number of anilines is 1. The summed E-state index contributed by atoms with van der Waals surface area (Å²) < 4.78 is 33.0. The molecule has 0 saturated carbocycles. The molecule has 7 heteroatoms. The Bertz CT molecular complexity index is 793. The van der Waals surface area contributed by atoms with Gasteiger partial charge in [0.1, 0.15) is 11.2 Å². The van der Waals surface area contributed by atoms with Gasteiger partial charge >= 0.3 is 0 Å². The number of sulfonamides is 1. The lowest BCUT2D eigenvalue weighted by molar-refractivity contribution is 0.313. The lowest BCUT2D eigenvalue weighted by atomic mass is 10.2. The topological polar surface area (TPSA) is 59.5 Å². The first kappa shape index (κ1) is 14.3. The van der Waals surface area contributed by atoms with E-state index in [1.54, 1.807) is 30.3 Å². The second kappa shape index (κ2) is 5.31. The molecule has 1 aliphatic heterocycles. The highest BCUT2D eigenvalue weighted by molar-refractivity contribution is 9.10. The van der Waals surface area contributed by atoms with Crippen LogP contribution in [0, 0.1) is 6.92 Å². The van der Waals surface area contributed by atoms with Crippen LogP contribution in [0.25, 0.3) is 0 Å². The first-order valence-corrected chi connectivity index (χ1v) is 8.60. The molecular formula is C14H13BrN2O3S. The molecule has 1 aromatic heterocycles. The molecule has 0 N–H and O–H groups in total. The number of fused-ring (bicyclic) bond motifs is 1. The van der Waals surface area contributed by atoms with Gasteiger partial charge in [-0.3, -0.25) is 0 Å². The summed E-state index contributed by atoms with van der Waals surface area (Å²) in [6.07, 6.45) is 0. The number of aromatic nitrogens is 1. The molecule has 5 nitrogen and oxygen atoms in total. The van der Waals surface area contributed by atoms with Crippen LogP contribution in [-0.2, 0) is 10.0 Å². The Labute approximate surface area is 131 Å². The van der Waals surface area contributed by atoms with Gasteiger partial charge < -0.3 is 4.74 Å². The summed E-state index contributed by atoms with van der Waals surface area (Å²) >= 11 is 3.26. The Morgan fingerprint density at radius 1 is 1.29 bits per heavy atom. The molecule has 1 aromatic carbocycles. The third-order valence-corrected chi connectivity index (χ3v) is 5.40. The number of halogens is 1. The third-order valence-electron chi connectivity index (χ3n) is 3.17. The van der Waals surface area contributed by atoms with E-state index in [1.165, 1.54) is 4.31 Å². The molecule has 0 spiro atoms. The van der Waals surface area contributed by atoms with E-state index >= 15 is 0 Å². The van der Waals surface area contributed by atoms with Crippen LogP contribution in [0.2, 0.25) is 0 Å². The normalized spacial score (nSPS) is 14.5. The minimum atomic E-state index is -3.64.